The van der Waals surface area contributed by atoms with Crippen molar-refractivity contribution in [2.24, 2.45) is 0 Å². The van der Waals surface area contributed by atoms with Gasteiger partial charge in [0.05, 0.1) is 10.9 Å². The number of aromatic amines is 1. The summed E-state index contributed by atoms with van der Waals surface area (Å²) in [5.74, 6) is -1.13. The van der Waals surface area contributed by atoms with Gasteiger partial charge in [-0.1, -0.05) is 18.5 Å². The molecule has 2 rings (SSSR count). The van der Waals surface area contributed by atoms with E-state index in [9.17, 15) is 14.4 Å². The number of carboxylic acid groups (broad SMARTS) is 1. The molecule has 0 aliphatic carbocycles. The fraction of sp³-hybridized carbons (Fsp3) is 0.250. The quantitative estimate of drug-likeness (QED) is 0.889. The average Bonchev–Trinajstić information content (AvgIpc) is 2.34. The van der Waals surface area contributed by atoms with E-state index in [1.165, 1.54) is 18.2 Å². The number of fused-ring (bicyclic) bond motifs is 1. The highest BCUT2D eigenvalue weighted by Crippen LogP contribution is 2.19. The topological polar surface area (TPSA) is 92.2 Å². The Bertz CT molecular complexity index is 762. The number of benzene rings is 1. The lowest BCUT2D eigenvalue weighted by atomic mass is 10.2. The molecule has 0 aliphatic heterocycles. The lowest BCUT2D eigenvalue weighted by Crippen LogP contribution is -2.35. The SMILES string of the molecule is CCC(C(=O)O)n1c(=O)[nH]c(=O)c2cc(Cl)ccc21. The van der Waals surface area contributed by atoms with Crippen molar-refractivity contribution in [3.63, 3.8) is 0 Å². The van der Waals surface area contributed by atoms with Gasteiger partial charge in [0, 0.05) is 5.02 Å². The summed E-state index contributed by atoms with van der Waals surface area (Å²) in [5, 5.41) is 9.68. The highest BCUT2D eigenvalue weighted by molar-refractivity contribution is 6.31. The zero-order chi connectivity index (χ0) is 14.2. The normalized spacial score (nSPS) is 12.5. The highest BCUT2D eigenvalue weighted by atomic mass is 35.5. The Kier molecular flexibility index (Phi) is 3.44. The van der Waals surface area contributed by atoms with Crippen LogP contribution in [0.25, 0.3) is 10.9 Å². The smallest absolute Gasteiger partial charge is 0.329 e. The van der Waals surface area contributed by atoms with Gasteiger partial charge in [0.25, 0.3) is 5.56 Å². The molecule has 0 aliphatic rings. The van der Waals surface area contributed by atoms with Gasteiger partial charge >= 0.3 is 11.7 Å². The van der Waals surface area contributed by atoms with E-state index < -0.39 is 23.3 Å². The number of rotatable bonds is 3. The minimum Gasteiger partial charge on any atom is -0.480 e. The second kappa shape index (κ2) is 4.89. The summed E-state index contributed by atoms with van der Waals surface area (Å²) in [5.41, 5.74) is -1.07. The number of halogens is 1. The van der Waals surface area contributed by atoms with E-state index in [0.717, 1.165) is 4.57 Å². The number of aliphatic carboxylic acids is 1. The molecule has 100 valence electrons. The molecule has 19 heavy (non-hydrogen) atoms. The van der Waals surface area contributed by atoms with Crippen LogP contribution in [0.1, 0.15) is 19.4 Å². The first kappa shape index (κ1) is 13.4. The van der Waals surface area contributed by atoms with E-state index in [2.05, 4.69) is 4.98 Å². The maximum Gasteiger partial charge on any atom is 0.329 e. The zero-order valence-electron chi connectivity index (χ0n) is 10.0. The lowest BCUT2D eigenvalue weighted by Gasteiger charge is -2.15. The molecule has 0 bridgehead atoms. The molecular weight excluding hydrogens is 272 g/mol. The van der Waals surface area contributed by atoms with Crippen molar-refractivity contribution in [2.45, 2.75) is 19.4 Å². The third kappa shape index (κ3) is 2.26. The summed E-state index contributed by atoms with van der Waals surface area (Å²) in [6.07, 6.45) is 0.221. The molecule has 1 aromatic carbocycles. The number of nitrogens with one attached hydrogen (secondary N) is 1. The van der Waals surface area contributed by atoms with Crippen molar-refractivity contribution >= 4 is 28.5 Å². The third-order valence-corrected chi connectivity index (χ3v) is 3.12. The maximum atomic E-state index is 11.9. The summed E-state index contributed by atoms with van der Waals surface area (Å²) in [6, 6.07) is 3.35. The summed E-state index contributed by atoms with van der Waals surface area (Å²) in [4.78, 5) is 36.9. The van der Waals surface area contributed by atoms with E-state index in [1.807, 2.05) is 0 Å². The Hall–Kier alpha value is -2.08. The summed E-state index contributed by atoms with van der Waals surface area (Å²) in [6.45, 7) is 1.65. The number of carbonyl (C=O) groups is 1. The van der Waals surface area contributed by atoms with E-state index >= 15 is 0 Å². The van der Waals surface area contributed by atoms with E-state index in [0.29, 0.717) is 5.02 Å². The molecule has 0 amide bonds. The van der Waals surface area contributed by atoms with Crippen LogP contribution in [0.15, 0.2) is 27.8 Å². The van der Waals surface area contributed by atoms with Gasteiger partial charge in [-0.3, -0.25) is 14.3 Å². The Labute approximate surface area is 112 Å². The Morgan fingerprint density at radius 2 is 2.16 bits per heavy atom. The van der Waals surface area contributed by atoms with E-state index in [1.54, 1.807) is 6.92 Å². The van der Waals surface area contributed by atoms with Gasteiger partial charge in [0.2, 0.25) is 0 Å². The van der Waals surface area contributed by atoms with Gasteiger partial charge in [-0.25, -0.2) is 9.59 Å². The number of H-pyrrole nitrogens is 1. The predicted octanol–water partition coefficient (Wildman–Crippen LogP) is 1.38. The van der Waals surface area contributed by atoms with Gasteiger partial charge in [0.1, 0.15) is 6.04 Å². The summed E-state index contributed by atoms with van der Waals surface area (Å²) in [7, 11) is 0. The fourth-order valence-corrected chi connectivity index (χ4v) is 2.18. The van der Waals surface area contributed by atoms with Crippen LogP contribution in [0.2, 0.25) is 5.02 Å². The van der Waals surface area contributed by atoms with Crippen molar-refractivity contribution in [3.8, 4) is 0 Å². The maximum absolute atomic E-state index is 11.9. The van der Waals surface area contributed by atoms with Gasteiger partial charge in [-0.15, -0.1) is 0 Å². The Morgan fingerprint density at radius 1 is 1.47 bits per heavy atom. The van der Waals surface area contributed by atoms with Crippen LogP contribution >= 0.6 is 11.6 Å². The number of nitrogens with zero attached hydrogens (tertiary/aromatic N) is 1. The first-order chi connectivity index (χ1) is 8.95. The predicted molar refractivity (Wildman–Crippen MR) is 70.8 cm³/mol. The minimum absolute atomic E-state index is 0.187. The Balaban J connectivity index is 2.91. The minimum atomic E-state index is -1.13. The molecule has 0 saturated carbocycles. The second-order valence-electron chi connectivity index (χ2n) is 4.05. The second-order valence-corrected chi connectivity index (χ2v) is 4.49. The molecule has 1 unspecified atom stereocenters. The molecule has 1 atom stereocenters. The van der Waals surface area contributed by atoms with Crippen molar-refractivity contribution < 1.29 is 9.90 Å². The largest absolute Gasteiger partial charge is 0.480 e. The number of hydrogen-bond acceptors (Lipinski definition) is 3. The molecule has 0 radical (unpaired) electrons. The number of carboxylic acids is 1. The van der Waals surface area contributed by atoms with Crippen molar-refractivity contribution in [1.82, 2.24) is 9.55 Å². The molecule has 2 N–H and O–H groups in total. The van der Waals surface area contributed by atoms with Crippen LogP contribution in [-0.4, -0.2) is 20.6 Å². The van der Waals surface area contributed by atoms with Gasteiger partial charge in [-0.2, -0.15) is 0 Å². The van der Waals surface area contributed by atoms with Crippen molar-refractivity contribution in [1.29, 1.82) is 0 Å². The van der Waals surface area contributed by atoms with Crippen LogP contribution in [0.5, 0.6) is 0 Å². The van der Waals surface area contributed by atoms with Crippen LogP contribution < -0.4 is 11.2 Å². The van der Waals surface area contributed by atoms with Crippen LogP contribution in [0.4, 0.5) is 0 Å². The molecule has 0 saturated heterocycles. The monoisotopic (exact) mass is 282 g/mol. The van der Waals surface area contributed by atoms with Gasteiger partial charge in [-0.05, 0) is 24.6 Å². The molecule has 7 heteroatoms. The van der Waals surface area contributed by atoms with Gasteiger partial charge < -0.3 is 5.11 Å². The molecule has 1 heterocycles. The molecule has 0 spiro atoms. The molecule has 6 nitrogen and oxygen atoms in total. The summed E-state index contributed by atoms with van der Waals surface area (Å²) < 4.78 is 1.06. The molecule has 1 aromatic heterocycles. The van der Waals surface area contributed by atoms with Crippen LogP contribution in [-0.2, 0) is 4.79 Å². The Morgan fingerprint density at radius 3 is 2.74 bits per heavy atom. The lowest BCUT2D eigenvalue weighted by molar-refractivity contribution is -0.141. The van der Waals surface area contributed by atoms with Crippen LogP contribution in [0, 0.1) is 0 Å². The molecular formula is C12H11ClN2O4. The van der Waals surface area contributed by atoms with Crippen molar-refractivity contribution in [3.05, 3.63) is 44.1 Å². The third-order valence-electron chi connectivity index (χ3n) is 2.89. The fourth-order valence-electron chi connectivity index (χ4n) is 2.01. The van der Waals surface area contributed by atoms with E-state index in [4.69, 9.17) is 16.7 Å². The zero-order valence-corrected chi connectivity index (χ0v) is 10.8. The first-order valence-electron chi connectivity index (χ1n) is 5.62. The molecule has 0 fully saturated rings. The summed E-state index contributed by atoms with van der Waals surface area (Å²) >= 11 is 5.80. The standard InChI is InChI=1S/C12H11ClN2O4/c1-2-8(11(17)18)15-9-4-3-6(13)5-7(9)10(16)14-12(15)19/h3-5,8H,2H2,1H3,(H,17,18)(H,14,16,19). The van der Waals surface area contributed by atoms with Gasteiger partial charge in [0.15, 0.2) is 0 Å². The highest BCUT2D eigenvalue weighted by Gasteiger charge is 2.21. The van der Waals surface area contributed by atoms with Crippen LogP contribution in [0.3, 0.4) is 0 Å². The number of hydrogen-bond donors (Lipinski definition) is 2. The average molecular weight is 283 g/mol. The van der Waals surface area contributed by atoms with Crippen molar-refractivity contribution in [2.75, 3.05) is 0 Å². The first-order valence-corrected chi connectivity index (χ1v) is 6.00. The molecule has 2 aromatic rings. The number of aromatic nitrogens is 2. The van der Waals surface area contributed by atoms with E-state index in [-0.39, 0.29) is 17.3 Å².